The molecule has 2 atom stereocenters. The Hall–Kier alpha value is -0.840. The van der Waals surface area contributed by atoms with Crippen LogP contribution in [-0.2, 0) is 0 Å². The van der Waals surface area contributed by atoms with Gasteiger partial charge in [0.15, 0.2) is 0 Å². The third-order valence-electron chi connectivity index (χ3n) is 3.14. The summed E-state index contributed by atoms with van der Waals surface area (Å²) in [6, 6.07) is 4.64. The maximum absolute atomic E-state index is 13.3. The molecule has 0 radical (unpaired) electrons. The van der Waals surface area contributed by atoms with E-state index in [1.54, 1.807) is 0 Å². The van der Waals surface area contributed by atoms with E-state index >= 15 is 0 Å². The zero-order chi connectivity index (χ0) is 13.1. The lowest BCUT2D eigenvalue weighted by Crippen LogP contribution is -2.46. The third kappa shape index (κ3) is 4.34. The Bertz CT molecular complexity index is 456. The van der Waals surface area contributed by atoms with Crippen molar-refractivity contribution in [1.29, 1.82) is 0 Å². The van der Waals surface area contributed by atoms with Crippen molar-refractivity contribution in [3.63, 3.8) is 0 Å². The van der Waals surface area contributed by atoms with Crippen molar-refractivity contribution in [3.8, 4) is 0 Å². The molecule has 1 aromatic carbocycles. The van der Waals surface area contributed by atoms with Gasteiger partial charge in [0, 0.05) is 17.6 Å². The van der Waals surface area contributed by atoms with Gasteiger partial charge >= 0.3 is 0 Å². The fourth-order valence-electron chi connectivity index (χ4n) is 2.17. The summed E-state index contributed by atoms with van der Waals surface area (Å²) >= 11 is 5.58. The number of hydrogen-bond acceptors (Lipinski definition) is 2. The first-order valence-corrected chi connectivity index (χ1v) is 6.43. The molecule has 6 heteroatoms. The lowest BCUT2D eigenvalue weighted by atomic mass is 10.0. The monoisotopic (exact) mass is 306 g/mol. The Balaban J connectivity index is 0.00000180. The molecule has 0 aliphatic carbocycles. The summed E-state index contributed by atoms with van der Waals surface area (Å²) in [5.41, 5.74) is 0.308. The van der Waals surface area contributed by atoms with Crippen LogP contribution in [0.2, 0.25) is 5.02 Å². The van der Waals surface area contributed by atoms with Gasteiger partial charge < -0.3 is 10.6 Å². The fraction of sp³-hybridized carbons (Fsp3) is 0.462. The Morgan fingerprint density at radius 3 is 2.89 bits per heavy atom. The summed E-state index contributed by atoms with van der Waals surface area (Å²) in [6.07, 6.45) is 1.79. The molecule has 1 aliphatic heterocycles. The zero-order valence-electron chi connectivity index (χ0n) is 10.6. The number of carbonyl (C=O) groups excluding carboxylic acids is 1. The molecule has 0 aromatic heterocycles. The second kappa shape index (κ2) is 7.08. The number of piperidine rings is 1. The molecule has 1 saturated heterocycles. The molecule has 2 unspecified atom stereocenters. The number of carbonyl (C=O) groups is 1. The summed E-state index contributed by atoms with van der Waals surface area (Å²) in [4.78, 5) is 11.9. The van der Waals surface area contributed by atoms with E-state index in [0.717, 1.165) is 19.4 Å². The second-order valence-corrected chi connectivity index (χ2v) is 5.09. The van der Waals surface area contributed by atoms with Crippen LogP contribution in [0.1, 0.15) is 30.1 Å². The molecule has 0 saturated carbocycles. The molecule has 1 amide bonds. The van der Waals surface area contributed by atoms with Gasteiger partial charge in [-0.1, -0.05) is 11.6 Å². The van der Waals surface area contributed by atoms with Crippen LogP contribution >= 0.6 is 24.0 Å². The van der Waals surface area contributed by atoms with Gasteiger partial charge in [0.25, 0.3) is 5.91 Å². The average Bonchev–Trinajstić information content (AvgIpc) is 2.32. The van der Waals surface area contributed by atoms with Crippen molar-refractivity contribution in [2.75, 3.05) is 6.54 Å². The molecule has 2 N–H and O–H groups in total. The number of benzene rings is 1. The quantitative estimate of drug-likeness (QED) is 0.882. The van der Waals surface area contributed by atoms with Crippen LogP contribution in [0.25, 0.3) is 0 Å². The Kier molecular flexibility index (Phi) is 6.04. The minimum absolute atomic E-state index is 0. The summed E-state index contributed by atoms with van der Waals surface area (Å²) in [5, 5.41) is 6.27. The molecule has 106 valence electrons. The van der Waals surface area contributed by atoms with Gasteiger partial charge in [-0.3, -0.25) is 4.79 Å². The van der Waals surface area contributed by atoms with Gasteiger partial charge in [-0.25, -0.2) is 4.39 Å². The van der Waals surface area contributed by atoms with Crippen LogP contribution in [0.5, 0.6) is 0 Å². The Morgan fingerprint density at radius 2 is 2.26 bits per heavy atom. The topological polar surface area (TPSA) is 41.1 Å². The maximum atomic E-state index is 13.3. The van der Waals surface area contributed by atoms with Gasteiger partial charge in [0.1, 0.15) is 5.82 Å². The second-order valence-electron chi connectivity index (χ2n) is 4.68. The fourth-order valence-corrected chi connectivity index (χ4v) is 2.29. The zero-order valence-corrected chi connectivity index (χ0v) is 12.2. The largest absolute Gasteiger partial charge is 0.349 e. The molecule has 1 heterocycles. The third-order valence-corrected chi connectivity index (χ3v) is 3.45. The summed E-state index contributed by atoms with van der Waals surface area (Å²) < 4.78 is 13.3. The predicted octanol–water partition coefficient (Wildman–Crippen LogP) is 2.77. The van der Waals surface area contributed by atoms with E-state index in [9.17, 15) is 9.18 Å². The van der Waals surface area contributed by atoms with Crippen LogP contribution < -0.4 is 10.6 Å². The lowest BCUT2D eigenvalue weighted by Gasteiger charge is -2.28. The molecule has 0 spiro atoms. The van der Waals surface area contributed by atoms with Gasteiger partial charge in [-0.05, 0) is 44.5 Å². The number of hydrogen-bond donors (Lipinski definition) is 2. The first-order chi connectivity index (χ1) is 8.56. The molecule has 1 fully saturated rings. The molecular formula is C13H17Cl2FN2O. The van der Waals surface area contributed by atoms with Gasteiger partial charge in [0.05, 0.1) is 5.02 Å². The van der Waals surface area contributed by atoms with Crippen LogP contribution in [0.4, 0.5) is 4.39 Å². The predicted molar refractivity (Wildman–Crippen MR) is 76.6 cm³/mol. The number of nitrogens with one attached hydrogen (secondary N) is 2. The highest BCUT2D eigenvalue weighted by molar-refractivity contribution is 6.30. The summed E-state index contributed by atoms with van der Waals surface area (Å²) in [5.74, 6) is -0.812. The van der Waals surface area contributed by atoms with Crippen molar-refractivity contribution in [2.45, 2.75) is 31.8 Å². The highest BCUT2D eigenvalue weighted by atomic mass is 35.5. The van der Waals surface area contributed by atoms with E-state index < -0.39 is 5.82 Å². The lowest BCUT2D eigenvalue weighted by molar-refractivity contribution is 0.0925. The standard InChI is InChI=1S/C13H16ClFN2O.ClH/c1-8-6-10(4-5-16-8)17-13(18)9-2-3-11(14)12(15)7-9;/h2-3,7-8,10,16H,4-6H2,1H3,(H,17,18);1H. The number of amides is 1. The molecule has 1 aromatic rings. The SMILES string of the molecule is CC1CC(NC(=O)c2ccc(Cl)c(F)c2)CCN1.Cl. The molecule has 19 heavy (non-hydrogen) atoms. The van der Waals surface area contributed by atoms with Crippen LogP contribution in [0.3, 0.4) is 0 Å². The van der Waals surface area contributed by atoms with E-state index in [1.807, 2.05) is 0 Å². The van der Waals surface area contributed by atoms with Crippen LogP contribution in [0, 0.1) is 5.82 Å². The van der Waals surface area contributed by atoms with Crippen molar-refractivity contribution < 1.29 is 9.18 Å². The van der Waals surface area contributed by atoms with Crippen molar-refractivity contribution in [3.05, 3.63) is 34.6 Å². The van der Waals surface area contributed by atoms with Gasteiger partial charge in [-0.2, -0.15) is 0 Å². The molecule has 0 bridgehead atoms. The number of halogens is 3. The Morgan fingerprint density at radius 1 is 1.53 bits per heavy atom. The summed E-state index contributed by atoms with van der Waals surface area (Å²) in [6.45, 7) is 2.97. The average molecular weight is 307 g/mol. The Labute approximate surface area is 123 Å². The first-order valence-electron chi connectivity index (χ1n) is 6.05. The summed E-state index contributed by atoms with van der Waals surface area (Å²) in [7, 11) is 0. The highest BCUT2D eigenvalue weighted by Crippen LogP contribution is 2.16. The van der Waals surface area contributed by atoms with E-state index in [1.165, 1.54) is 18.2 Å². The van der Waals surface area contributed by atoms with E-state index in [-0.39, 0.29) is 29.4 Å². The maximum Gasteiger partial charge on any atom is 0.251 e. The van der Waals surface area contributed by atoms with Crippen LogP contribution in [0.15, 0.2) is 18.2 Å². The van der Waals surface area contributed by atoms with Crippen molar-refractivity contribution in [1.82, 2.24) is 10.6 Å². The van der Waals surface area contributed by atoms with Crippen molar-refractivity contribution in [2.24, 2.45) is 0 Å². The number of rotatable bonds is 2. The van der Waals surface area contributed by atoms with Crippen LogP contribution in [-0.4, -0.2) is 24.5 Å². The van der Waals surface area contributed by atoms with E-state index in [0.29, 0.717) is 11.6 Å². The highest BCUT2D eigenvalue weighted by Gasteiger charge is 2.20. The molecular weight excluding hydrogens is 290 g/mol. The molecule has 2 rings (SSSR count). The first kappa shape index (κ1) is 16.2. The molecule has 3 nitrogen and oxygen atoms in total. The van der Waals surface area contributed by atoms with Gasteiger partial charge in [0.2, 0.25) is 0 Å². The van der Waals surface area contributed by atoms with Crippen molar-refractivity contribution >= 4 is 29.9 Å². The molecule has 1 aliphatic rings. The smallest absolute Gasteiger partial charge is 0.251 e. The minimum atomic E-state index is -0.567. The normalized spacial score (nSPS) is 22.5. The van der Waals surface area contributed by atoms with Gasteiger partial charge in [-0.15, -0.1) is 12.4 Å². The van der Waals surface area contributed by atoms with E-state index in [2.05, 4.69) is 17.6 Å². The minimum Gasteiger partial charge on any atom is -0.349 e. The van der Waals surface area contributed by atoms with E-state index in [4.69, 9.17) is 11.6 Å².